The van der Waals surface area contributed by atoms with Crippen molar-refractivity contribution in [3.05, 3.63) is 48.5 Å². The fraction of sp³-hybridized carbons (Fsp3) is 0.133. The first-order valence-corrected chi connectivity index (χ1v) is 6.34. The molecule has 2 aromatic rings. The van der Waals surface area contributed by atoms with Crippen LogP contribution in [0.4, 0.5) is 16.2 Å². The predicted octanol–water partition coefficient (Wildman–Crippen LogP) is 3.01. The maximum atomic E-state index is 11.1. The molecular weight excluding hydrogens is 254 g/mol. The fourth-order valence-electron chi connectivity index (χ4n) is 1.71. The standard InChI is InChI=1S/C15H17N3O2/c1-2-20-15(19)18-17-14-9-5-12(6-10-14)11-3-7-13(16)8-4-11/h3-10,17H,2,16H2,1H3,(H,18,19). The largest absolute Gasteiger partial charge is 0.449 e. The van der Waals surface area contributed by atoms with E-state index in [0.717, 1.165) is 22.5 Å². The van der Waals surface area contributed by atoms with Crippen molar-refractivity contribution < 1.29 is 9.53 Å². The maximum Gasteiger partial charge on any atom is 0.425 e. The van der Waals surface area contributed by atoms with Gasteiger partial charge in [0, 0.05) is 5.69 Å². The summed E-state index contributed by atoms with van der Waals surface area (Å²) in [4.78, 5) is 11.1. The number of carbonyl (C=O) groups excluding carboxylic acids is 1. The first-order chi connectivity index (χ1) is 9.69. The van der Waals surface area contributed by atoms with Gasteiger partial charge in [0.1, 0.15) is 0 Å². The molecule has 5 nitrogen and oxygen atoms in total. The van der Waals surface area contributed by atoms with Gasteiger partial charge in [0.15, 0.2) is 0 Å². The Kier molecular flexibility index (Phi) is 4.44. The van der Waals surface area contributed by atoms with Gasteiger partial charge in [-0.3, -0.25) is 5.43 Å². The molecule has 0 saturated carbocycles. The second kappa shape index (κ2) is 6.47. The van der Waals surface area contributed by atoms with Gasteiger partial charge in [-0.25, -0.2) is 10.2 Å². The molecule has 0 atom stereocenters. The molecule has 0 bridgehead atoms. The van der Waals surface area contributed by atoms with Crippen LogP contribution in [-0.4, -0.2) is 12.7 Å². The van der Waals surface area contributed by atoms with Crippen LogP contribution >= 0.6 is 0 Å². The summed E-state index contributed by atoms with van der Waals surface area (Å²) in [5.74, 6) is 0. The van der Waals surface area contributed by atoms with Crippen molar-refractivity contribution in [2.75, 3.05) is 17.8 Å². The van der Waals surface area contributed by atoms with Gasteiger partial charge < -0.3 is 10.5 Å². The van der Waals surface area contributed by atoms with E-state index in [4.69, 9.17) is 10.5 Å². The molecule has 0 heterocycles. The van der Waals surface area contributed by atoms with Crippen LogP contribution in [0.3, 0.4) is 0 Å². The highest BCUT2D eigenvalue weighted by molar-refractivity contribution is 5.71. The summed E-state index contributed by atoms with van der Waals surface area (Å²) < 4.78 is 4.74. The number of hydrogen-bond acceptors (Lipinski definition) is 4. The van der Waals surface area contributed by atoms with Crippen LogP contribution in [-0.2, 0) is 4.74 Å². The van der Waals surface area contributed by atoms with Crippen molar-refractivity contribution in [3.8, 4) is 11.1 Å². The molecule has 0 aliphatic rings. The van der Waals surface area contributed by atoms with Crippen molar-refractivity contribution in [2.45, 2.75) is 6.92 Å². The monoisotopic (exact) mass is 271 g/mol. The number of hydrazine groups is 1. The lowest BCUT2D eigenvalue weighted by atomic mass is 10.1. The van der Waals surface area contributed by atoms with Crippen molar-refractivity contribution >= 4 is 17.5 Å². The SMILES string of the molecule is CCOC(=O)NNc1ccc(-c2ccc(N)cc2)cc1. The Morgan fingerprint density at radius 1 is 1.05 bits per heavy atom. The fourth-order valence-corrected chi connectivity index (χ4v) is 1.71. The summed E-state index contributed by atoms with van der Waals surface area (Å²) in [6.45, 7) is 2.09. The summed E-state index contributed by atoms with van der Waals surface area (Å²) in [5.41, 5.74) is 14.6. The number of nitrogens with one attached hydrogen (secondary N) is 2. The minimum atomic E-state index is -0.505. The topological polar surface area (TPSA) is 76.4 Å². The molecule has 0 fully saturated rings. The van der Waals surface area contributed by atoms with Crippen LogP contribution in [0.1, 0.15) is 6.92 Å². The molecule has 5 heteroatoms. The number of nitrogen functional groups attached to an aromatic ring is 1. The molecule has 0 aliphatic heterocycles. The Labute approximate surface area is 117 Å². The number of rotatable bonds is 4. The quantitative estimate of drug-likeness (QED) is 0.590. The van der Waals surface area contributed by atoms with Crippen LogP contribution in [0.5, 0.6) is 0 Å². The summed E-state index contributed by atoms with van der Waals surface area (Å²) in [7, 11) is 0. The second-order valence-corrected chi connectivity index (χ2v) is 4.17. The number of anilines is 2. The first-order valence-electron chi connectivity index (χ1n) is 6.34. The van der Waals surface area contributed by atoms with Gasteiger partial charge in [0.05, 0.1) is 12.3 Å². The van der Waals surface area contributed by atoms with E-state index in [1.165, 1.54) is 0 Å². The van der Waals surface area contributed by atoms with Crippen LogP contribution in [0.25, 0.3) is 11.1 Å². The number of ether oxygens (including phenoxy) is 1. The van der Waals surface area contributed by atoms with Gasteiger partial charge in [-0.05, 0) is 42.3 Å². The highest BCUT2D eigenvalue weighted by Crippen LogP contribution is 2.22. The third kappa shape index (κ3) is 3.65. The van der Waals surface area contributed by atoms with Crippen molar-refractivity contribution in [1.82, 2.24) is 5.43 Å². The predicted molar refractivity (Wildman–Crippen MR) is 80.1 cm³/mol. The van der Waals surface area contributed by atoms with E-state index in [1.807, 2.05) is 48.5 Å². The van der Waals surface area contributed by atoms with Crippen molar-refractivity contribution in [3.63, 3.8) is 0 Å². The van der Waals surface area contributed by atoms with E-state index in [2.05, 4.69) is 10.9 Å². The van der Waals surface area contributed by atoms with E-state index in [9.17, 15) is 4.79 Å². The molecule has 2 rings (SSSR count). The Morgan fingerprint density at radius 3 is 2.15 bits per heavy atom. The maximum absolute atomic E-state index is 11.1. The Bertz CT molecular complexity index is 565. The van der Waals surface area contributed by atoms with Gasteiger partial charge in [-0.2, -0.15) is 0 Å². The van der Waals surface area contributed by atoms with E-state index < -0.39 is 6.09 Å². The second-order valence-electron chi connectivity index (χ2n) is 4.17. The van der Waals surface area contributed by atoms with E-state index in [1.54, 1.807) is 6.92 Å². The lowest BCUT2D eigenvalue weighted by Gasteiger charge is -2.09. The number of carbonyl (C=O) groups is 1. The lowest BCUT2D eigenvalue weighted by Crippen LogP contribution is -2.29. The third-order valence-corrected chi connectivity index (χ3v) is 2.71. The average Bonchev–Trinajstić information content (AvgIpc) is 2.47. The van der Waals surface area contributed by atoms with Gasteiger partial charge in [-0.1, -0.05) is 24.3 Å². The minimum Gasteiger partial charge on any atom is -0.449 e. The normalized spacial score (nSPS) is 9.85. The molecular formula is C15H17N3O2. The van der Waals surface area contributed by atoms with Gasteiger partial charge >= 0.3 is 6.09 Å². The van der Waals surface area contributed by atoms with Gasteiger partial charge in [0.2, 0.25) is 0 Å². The zero-order chi connectivity index (χ0) is 14.4. The number of hydrogen-bond donors (Lipinski definition) is 3. The van der Waals surface area contributed by atoms with Gasteiger partial charge in [-0.15, -0.1) is 0 Å². The lowest BCUT2D eigenvalue weighted by molar-refractivity contribution is 0.154. The molecule has 20 heavy (non-hydrogen) atoms. The molecule has 0 radical (unpaired) electrons. The molecule has 104 valence electrons. The van der Waals surface area contributed by atoms with Crippen molar-refractivity contribution in [1.29, 1.82) is 0 Å². The van der Waals surface area contributed by atoms with E-state index in [-0.39, 0.29) is 0 Å². The Balaban J connectivity index is 1.99. The highest BCUT2D eigenvalue weighted by Gasteiger charge is 2.00. The third-order valence-electron chi connectivity index (χ3n) is 2.71. The van der Waals surface area contributed by atoms with Crippen LogP contribution in [0, 0.1) is 0 Å². The van der Waals surface area contributed by atoms with Crippen molar-refractivity contribution in [2.24, 2.45) is 0 Å². The molecule has 0 aromatic heterocycles. The molecule has 0 saturated heterocycles. The molecule has 1 amide bonds. The Morgan fingerprint density at radius 2 is 1.60 bits per heavy atom. The summed E-state index contributed by atoms with van der Waals surface area (Å²) in [6, 6.07) is 15.3. The molecule has 4 N–H and O–H groups in total. The first kappa shape index (κ1) is 13.7. The molecule has 2 aromatic carbocycles. The number of benzene rings is 2. The average molecular weight is 271 g/mol. The summed E-state index contributed by atoms with van der Waals surface area (Å²) in [5, 5.41) is 0. The molecule has 0 unspecified atom stereocenters. The minimum absolute atomic E-state index is 0.337. The van der Waals surface area contributed by atoms with Gasteiger partial charge in [0.25, 0.3) is 0 Å². The number of nitrogens with two attached hydrogens (primary N) is 1. The van der Waals surface area contributed by atoms with E-state index >= 15 is 0 Å². The summed E-state index contributed by atoms with van der Waals surface area (Å²) in [6.07, 6.45) is -0.505. The van der Waals surface area contributed by atoms with Crippen LogP contribution in [0.15, 0.2) is 48.5 Å². The smallest absolute Gasteiger partial charge is 0.425 e. The number of amides is 1. The van der Waals surface area contributed by atoms with Crippen LogP contribution in [0.2, 0.25) is 0 Å². The molecule has 0 aliphatic carbocycles. The zero-order valence-corrected chi connectivity index (χ0v) is 11.2. The molecule has 0 spiro atoms. The zero-order valence-electron chi connectivity index (χ0n) is 11.2. The van der Waals surface area contributed by atoms with E-state index in [0.29, 0.717) is 6.61 Å². The van der Waals surface area contributed by atoms with Crippen LogP contribution < -0.4 is 16.6 Å². The summed E-state index contributed by atoms with van der Waals surface area (Å²) >= 11 is 0. The Hall–Kier alpha value is -2.69. The highest BCUT2D eigenvalue weighted by atomic mass is 16.5.